The molecule has 1 N–H and O–H groups in total. The van der Waals surface area contributed by atoms with E-state index in [-0.39, 0.29) is 6.61 Å². The number of methoxy groups -OCH3 is 3. The molecule has 1 aromatic carbocycles. The van der Waals surface area contributed by atoms with E-state index >= 15 is 0 Å². The molecule has 5 heteroatoms. The number of hydrogen-bond acceptors (Lipinski definition) is 5. The smallest absolute Gasteiger partial charge is 0.228 e. The Morgan fingerprint density at radius 1 is 1.20 bits per heavy atom. The molecule has 20 heavy (non-hydrogen) atoms. The van der Waals surface area contributed by atoms with Crippen molar-refractivity contribution in [1.29, 1.82) is 0 Å². The van der Waals surface area contributed by atoms with Crippen LogP contribution in [0.2, 0.25) is 0 Å². The van der Waals surface area contributed by atoms with Gasteiger partial charge in [0.2, 0.25) is 11.5 Å². The maximum atomic E-state index is 11.3. The third-order valence-corrected chi connectivity index (χ3v) is 2.40. The van der Waals surface area contributed by atoms with Crippen LogP contribution in [0.3, 0.4) is 0 Å². The maximum absolute atomic E-state index is 11.3. The highest BCUT2D eigenvalue weighted by Gasteiger charge is 2.11. The van der Waals surface area contributed by atoms with Crippen molar-refractivity contribution in [3.63, 3.8) is 0 Å². The van der Waals surface area contributed by atoms with Gasteiger partial charge in [0.05, 0.1) is 21.3 Å². The Labute approximate surface area is 117 Å². The summed E-state index contributed by atoms with van der Waals surface area (Å²) in [5, 5.41) is 8.50. The van der Waals surface area contributed by atoms with E-state index in [1.54, 1.807) is 18.2 Å². The second kappa shape index (κ2) is 7.87. The number of ketones is 1. The van der Waals surface area contributed by atoms with Gasteiger partial charge in [-0.25, -0.2) is 0 Å². The number of carbonyl (C=O) groups is 1. The minimum Gasteiger partial charge on any atom is -0.493 e. The number of aliphatic hydroxyl groups is 1. The van der Waals surface area contributed by atoms with E-state index in [0.29, 0.717) is 22.8 Å². The molecule has 5 nitrogen and oxygen atoms in total. The van der Waals surface area contributed by atoms with E-state index in [2.05, 4.69) is 11.8 Å². The summed E-state index contributed by atoms with van der Waals surface area (Å²) in [5.74, 6) is 5.64. The molecule has 1 aromatic rings. The molecule has 0 aromatic heterocycles. The lowest BCUT2D eigenvalue weighted by Crippen LogP contribution is -1.95. The summed E-state index contributed by atoms with van der Waals surface area (Å²) < 4.78 is 15.6. The Morgan fingerprint density at radius 2 is 1.80 bits per heavy atom. The van der Waals surface area contributed by atoms with Crippen LogP contribution in [0.25, 0.3) is 6.08 Å². The van der Waals surface area contributed by atoms with Crippen LogP contribution in [0.4, 0.5) is 0 Å². The van der Waals surface area contributed by atoms with E-state index in [9.17, 15) is 4.79 Å². The van der Waals surface area contributed by atoms with Crippen LogP contribution < -0.4 is 14.2 Å². The summed E-state index contributed by atoms with van der Waals surface area (Å²) in [6.07, 6.45) is 2.89. The quantitative estimate of drug-likeness (QED) is 0.499. The van der Waals surface area contributed by atoms with Gasteiger partial charge in [-0.2, -0.15) is 0 Å². The van der Waals surface area contributed by atoms with E-state index in [1.807, 2.05) is 0 Å². The zero-order valence-corrected chi connectivity index (χ0v) is 11.6. The van der Waals surface area contributed by atoms with Crippen molar-refractivity contribution < 1.29 is 24.1 Å². The molecule has 106 valence electrons. The molecular weight excluding hydrogens is 260 g/mol. The first kappa shape index (κ1) is 15.6. The van der Waals surface area contributed by atoms with Gasteiger partial charge in [0.25, 0.3) is 0 Å². The zero-order valence-electron chi connectivity index (χ0n) is 11.6. The first-order valence-corrected chi connectivity index (χ1v) is 5.78. The number of benzene rings is 1. The number of allylic oxidation sites excluding steroid dienone is 1. The zero-order chi connectivity index (χ0) is 15.0. The predicted octanol–water partition coefficient (Wildman–Crippen LogP) is 1.29. The van der Waals surface area contributed by atoms with Gasteiger partial charge in [-0.05, 0) is 29.7 Å². The SMILES string of the molecule is COc1cc(/C=C/C(=O)C#CCO)cc(OC)c1OC. The van der Waals surface area contributed by atoms with Gasteiger partial charge in [0.15, 0.2) is 11.5 Å². The summed E-state index contributed by atoms with van der Waals surface area (Å²) in [4.78, 5) is 11.3. The van der Waals surface area contributed by atoms with Gasteiger partial charge >= 0.3 is 0 Å². The summed E-state index contributed by atoms with van der Waals surface area (Å²) >= 11 is 0. The van der Waals surface area contributed by atoms with Crippen molar-refractivity contribution in [3.8, 4) is 29.1 Å². The fourth-order valence-corrected chi connectivity index (χ4v) is 1.54. The number of aliphatic hydroxyl groups excluding tert-OH is 1. The topological polar surface area (TPSA) is 65.0 Å². The van der Waals surface area contributed by atoms with Crippen LogP contribution in [0.15, 0.2) is 18.2 Å². The molecule has 0 spiro atoms. The highest BCUT2D eigenvalue weighted by atomic mass is 16.5. The van der Waals surface area contributed by atoms with Crippen LogP contribution in [0.1, 0.15) is 5.56 Å². The number of rotatable bonds is 5. The largest absolute Gasteiger partial charge is 0.493 e. The van der Waals surface area contributed by atoms with Gasteiger partial charge in [-0.3, -0.25) is 4.79 Å². The van der Waals surface area contributed by atoms with E-state index < -0.39 is 5.78 Å². The van der Waals surface area contributed by atoms with Crippen molar-refractivity contribution >= 4 is 11.9 Å². The molecule has 0 unspecified atom stereocenters. The van der Waals surface area contributed by atoms with E-state index in [4.69, 9.17) is 19.3 Å². The molecule has 1 rings (SSSR count). The average Bonchev–Trinajstić information content (AvgIpc) is 2.49. The fourth-order valence-electron chi connectivity index (χ4n) is 1.54. The molecular formula is C15H16O5. The Bertz CT molecular complexity index is 538. The molecule has 0 heterocycles. The van der Waals surface area contributed by atoms with Crippen molar-refractivity contribution in [2.24, 2.45) is 0 Å². The van der Waals surface area contributed by atoms with Crippen LogP contribution >= 0.6 is 0 Å². The fraction of sp³-hybridized carbons (Fsp3) is 0.267. The maximum Gasteiger partial charge on any atom is 0.228 e. The predicted molar refractivity (Wildman–Crippen MR) is 75.0 cm³/mol. The Balaban J connectivity index is 3.08. The van der Waals surface area contributed by atoms with Gasteiger partial charge in [-0.15, -0.1) is 0 Å². The number of carbonyl (C=O) groups excluding carboxylic acids is 1. The summed E-state index contributed by atoms with van der Waals surface area (Å²) in [7, 11) is 4.55. The minimum atomic E-state index is -0.396. The first-order chi connectivity index (χ1) is 9.65. The first-order valence-electron chi connectivity index (χ1n) is 5.78. The average molecular weight is 276 g/mol. The summed E-state index contributed by atoms with van der Waals surface area (Å²) in [5.41, 5.74) is 0.707. The Kier molecular flexibility index (Phi) is 6.14. The van der Waals surface area contributed by atoms with Crippen LogP contribution in [-0.2, 0) is 4.79 Å². The highest BCUT2D eigenvalue weighted by molar-refractivity contribution is 6.06. The monoisotopic (exact) mass is 276 g/mol. The summed E-state index contributed by atoms with van der Waals surface area (Å²) in [6, 6.07) is 3.43. The molecule has 0 atom stereocenters. The van der Waals surface area contributed by atoms with Crippen molar-refractivity contribution in [2.45, 2.75) is 0 Å². The normalized spacial score (nSPS) is 9.80. The molecule has 0 saturated carbocycles. The van der Waals surface area contributed by atoms with Gasteiger partial charge in [-0.1, -0.05) is 12.0 Å². The molecule has 0 bridgehead atoms. The van der Waals surface area contributed by atoms with Crippen LogP contribution in [0, 0.1) is 11.8 Å². The third-order valence-electron chi connectivity index (χ3n) is 2.40. The van der Waals surface area contributed by atoms with Gasteiger partial charge < -0.3 is 19.3 Å². The Hall–Kier alpha value is -2.45. The number of ether oxygens (including phenoxy) is 3. The molecule has 0 aliphatic heterocycles. The van der Waals surface area contributed by atoms with Crippen LogP contribution in [0.5, 0.6) is 17.2 Å². The lowest BCUT2D eigenvalue weighted by atomic mass is 10.1. The molecule has 0 amide bonds. The molecule has 0 aliphatic carbocycles. The lowest BCUT2D eigenvalue weighted by molar-refractivity contribution is -0.109. The highest BCUT2D eigenvalue weighted by Crippen LogP contribution is 2.38. The third kappa shape index (κ3) is 4.04. The standard InChI is InChI=1S/C15H16O5/c1-18-13-9-11(6-7-12(17)5-4-8-16)10-14(19-2)15(13)20-3/h6-7,9-10,16H,8H2,1-3H3/b7-6+. The second-order valence-electron chi connectivity index (χ2n) is 3.62. The molecule has 0 radical (unpaired) electrons. The van der Waals surface area contributed by atoms with E-state index in [0.717, 1.165) is 0 Å². The van der Waals surface area contributed by atoms with Gasteiger partial charge in [0, 0.05) is 0 Å². The summed E-state index contributed by atoms with van der Waals surface area (Å²) in [6.45, 7) is -0.343. The van der Waals surface area contributed by atoms with E-state index in [1.165, 1.54) is 27.4 Å². The van der Waals surface area contributed by atoms with Crippen LogP contribution in [-0.4, -0.2) is 38.8 Å². The van der Waals surface area contributed by atoms with Crippen molar-refractivity contribution in [3.05, 3.63) is 23.8 Å². The molecule has 0 fully saturated rings. The lowest BCUT2D eigenvalue weighted by Gasteiger charge is -2.12. The minimum absolute atomic E-state index is 0.343. The van der Waals surface area contributed by atoms with Crippen molar-refractivity contribution in [2.75, 3.05) is 27.9 Å². The molecule has 0 saturated heterocycles. The second-order valence-corrected chi connectivity index (χ2v) is 3.62. The Morgan fingerprint density at radius 3 is 2.25 bits per heavy atom. The van der Waals surface area contributed by atoms with Gasteiger partial charge in [0.1, 0.15) is 6.61 Å². The van der Waals surface area contributed by atoms with Crippen molar-refractivity contribution in [1.82, 2.24) is 0 Å². The molecule has 0 aliphatic rings. The number of hydrogen-bond donors (Lipinski definition) is 1.